The van der Waals surface area contributed by atoms with Crippen LogP contribution in [0, 0.1) is 6.92 Å². The Morgan fingerprint density at radius 2 is 2.05 bits per heavy atom. The average molecular weight is 329 g/mol. The number of carbonyl (C=O) groups excluding carboxylic acids is 1. The molecule has 0 atom stereocenters. The van der Waals surface area contributed by atoms with Crippen molar-refractivity contribution in [2.24, 2.45) is 0 Å². The molecule has 1 aromatic carbocycles. The fourth-order valence-corrected chi connectivity index (χ4v) is 2.39. The largest absolute Gasteiger partial charge is 0.494 e. The monoisotopic (exact) mass is 328 g/mol. The zero-order chi connectivity index (χ0) is 15.6. The van der Waals surface area contributed by atoms with Crippen LogP contribution in [0.15, 0.2) is 22.7 Å². The van der Waals surface area contributed by atoms with E-state index in [0.717, 1.165) is 0 Å². The van der Waals surface area contributed by atoms with Crippen molar-refractivity contribution in [2.45, 2.75) is 13.5 Å². The van der Waals surface area contributed by atoms with E-state index in [1.165, 1.54) is 12.0 Å². The van der Waals surface area contributed by atoms with Crippen LogP contribution in [0.5, 0.6) is 5.75 Å². The molecule has 0 N–H and O–H groups in total. The number of ether oxygens (including phenoxy) is 1. The van der Waals surface area contributed by atoms with Crippen LogP contribution in [0.2, 0.25) is 10.0 Å². The highest BCUT2D eigenvalue weighted by Gasteiger charge is 2.23. The summed E-state index contributed by atoms with van der Waals surface area (Å²) >= 11 is 12.1. The number of carbonyl (C=O) groups is 1. The molecule has 7 heteroatoms. The van der Waals surface area contributed by atoms with Crippen LogP contribution in [0.25, 0.3) is 0 Å². The van der Waals surface area contributed by atoms with E-state index in [2.05, 4.69) is 5.16 Å². The molecule has 112 valence electrons. The van der Waals surface area contributed by atoms with Crippen molar-refractivity contribution >= 4 is 29.1 Å². The Morgan fingerprint density at radius 3 is 2.62 bits per heavy atom. The molecule has 0 aliphatic rings. The highest BCUT2D eigenvalue weighted by molar-refractivity contribution is 6.37. The highest BCUT2D eigenvalue weighted by atomic mass is 35.5. The van der Waals surface area contributed by atoms with E-state index in [9.17, 15) is 4.79 Å². The molecule has 1 aromatic heterocycles. The fraction of sp³-hybridized carbons (Fsp3) is 0.286. The first-order valence-electron chi connectivity index (χ1n) is 6.13. The lowest BCUT2D eigenvalue weighted by molar-refractivity contribution is 0.0779. The second-order valence-corrected chi connectivity index (χ2v) is 5.34. The van der Waals surface area contributed by atoms with Crippen LogP contribution in [-0.4, -0.2) is 30.1 Å². The highest BCUT2D eigenvalue weighted by Crippen LogP contribution is 2.34. The lowest BCUT2D eigenvalue weighted by Crippen LogP contribution is -2.27. The minimum Gasteiger partial charge on any atom is -0.494 e. The van der Waals surface area contributed by atoms with Crippen LogP contribution < -0.4 is 4.74 Å². The van der Waals surface area contributed by atoms with Gasteiger partial charge in [-0.1, -0.05) is 28.4 Å². The van der Waals surface area contributed by atoms with Crippen molar-refractivity contribution in [3.8, 4) is 5.75 Å². The van der Waals surface area contributed by atoms with Gasteiger partial charge in [-0.25, -0.2) is 0 Å². The first-order valence-corrected chi connectivity index (χ1v) is 6.89. The number of methoxy groups -OCH3 is 1. The first kappa shape index (κ1) is 15.7. The molecule has 2 aromatic rings. The normalized spacial score (nSPS) is 10.5. The molecule has 0 aliphatic carbocycles. The Kier molecular flexibility index (Phi) is 4.75. The number of amides is 1. The molecule has 5 nitrogen and oxygen atoms in total. The number of benzene rings is 1. The number of aromatic nitrogens is 1. The van der Waals surface area contributed by atoms with Crippen molar-refractivity contribution < 1.29 is 14.1 Å². The van der Waals surface area contributed by atoms with E-state index in [1.807, 2.05) is 0 Å². The van der Waals surface area contributed by atoms with Crippen LogP contribution in [-0.2, 0) is 6.54 Å². The lowest BCUT2D eigenvalue weighted by atomic mass is 10.1. The quantitative estimate of drug-likeness (QED) is 0.860. The summed E-state index contributed by atoms with van der Waals surface area (Å²) in [5.74, 6) is 0.640. The van der Waals surface area contributed by atoms with Crippen LogP contribution in [0.1, 0.15) is 21.8 Å². The summed E-state index contributed by atoms with van der Waals surface area (Å²) < 4.78 is 10.2. The Morgan fingerprint density at radius 1 is 1.38 bits per heavy atom. The van der Waals surface area contributed by atoms with Gasteiger partial charge in [0.05, 0.1) is 23.7 Å². The summed E-state index contributed by atoms with van der Waals surface area (Å²) in [7, 11) is 3.08. The van der Waals surface area contributed by atoms with Crippen molar-refractivity contribution in [1.82, 2.24) is 10.1 Å². The minimum atomic E-state index is -0.306. The molecular weight excluding hydrogens is 315 g/mol. The molecule has 0 aliphatic heterocycles. The maximum Gasteiger partial charge on any atom is 0.259 e. The van der Waals surface area contributed by atoms with Gasteiger partial charge in [0.25, 0.3) is 5.91 Å². The van der Waals surface area contributed by atoms with Gasteiger partial charge >= 0.3 is 0 Å². The number of nitrogens with zero attached hydrogens (tertiary/aromatic N) is 2. The average Bonchev–Trinajstić information content (AvgIpc) is 2.85. The standard InChI is InChI=1S/C14H14Cl2N2O3/c1-8-6-9(17-21-8)7-18(2)14(19)12-10(15)4-5-11(16)13(12)20-3/h4-6H,7H2,1-3H3. The van der Waals surface area contributed by atoms with E-state index in [-0.39, 0.29) is 22.2 Å². The molecule has 0 radical (unpaired) electrons. The maximum absolute atomic E-state index is 12.6. The van der Waals surface area contributed by atoms with Gasteiger partial charge in [0, 0.05) is 13.1 Å². The summed E-state index contributed by atoms with van der Waals surface area (Å²) in [5.41, 5.74) is 0.884. The zero-order valence-corrected chi connectivity index (χ0v) is 13.3. The van der Waals surface area contributed by atoms with E-state index in [1.54, 1.807) is 32.2 Å². The fourth-order valence-electron chi connectivity index (χ4n) is 1.93. The number of hydrogen-bond acceptors (Lipinski definition) is 4. The molecule has 0 saturated heterocycles. The molecule has 0 fully saturated rings. The Balaban J connectivity index is 2.29. The van der Waals surface area contributed by atoms with Gasteiger partial charge in [0.2, 0.25) is 0 Å². The summed E-state index contributed by atoms with van der Waals surface area (Å²) in [6, 6.07) is 4.91. The van der Waals surface area contributed by atoms with Gasteiger partial charge < -0.3 is 14.2 Å². The Bertz CT molecular complexity index is 670. The molecule has 1 amide bonds. The third-order valence-corrected chi connectivity index (χ3v) is 3.51. The van der Waals surface area contributed by atoms with E-state index in [4.69, 9.17) is 32.5 Å². The van der Waals surface area contributed by atoms with E-state index in [0.29, 0.717) is 23.0 Å². The van der Waals surface area contributed by atoms with E-state index >= 15 is 0 Å². The summed E-state index contributed by atoms with van der Waals surface area (Å²) in [6.07, 6.45) is 0. The van der Waals surface area contributed by atoms with Crippen molar-refractivity contribution in [1.29, 1.82) is 0 Å². The number of rotatable bonds is 4. The van der Waals surface area contributed by atoms with Gasteiger partial charge in [-0.2, -0.15) is 0 Å². The van der Waals surface area contributed by atoms with Gasteiger partial charge in [0.15, 0.2) is 5.75 Å². The molecule has 0 saturated carbocycles. The molecule has 0 bridgehead atoms. The van der Waals surface area contributed by atoms with Crippen molar-refractivity contribution in [3.63, 3.8) is 0 Å². The Labute approximate surface area is 132 Å². The van der Waals surface area contributed by atoms with Crippen LogP contribution in [0.3, 0.4) is 0 Å². The van der Waals surface area contributed by atoms with Crippen LogP contribution >= 0.6 is 23.2 Å². The molecule has 1 heterocycles. The number of aryl methyl sites for hydroxylation is 1. The van der Waals surface area contributed by atoms with E-state index < -0.39 is 0 Å². The summed E-state index contributed by atoms with van der Waals surface area (Å²) in [5, 5.41) is 4.47. The van der Waals surface area contributed by atoms with Gasteiger partial charge in [-0.15, -0.1) is 0 Å². The SMILES string of the molecule is COc1c(Cl)ccc(Cl)c1C(=O)N(C)Cc1cc(C)on1. The second-order valence-electron chi connectivity index (χ2n) is 4.53. The van der Waals surface area contributed by atoms with Gasteiger partial charge in [-0.3, -0.25) is 4.79 Å². The third-order valence-electron chi connectivity index (χ3n) is 2.90. The predicted molar refractivity (Wildman–Crippen MR) is 80.1 cm³/mol. The van der Waals surface area contributed by atoms with Crippen molar-refractivity contribution in [3.05, 3.63) is 45.3 Å². The Hall–Kier alpha value is -1.72. The smallest absolute Gasteiger partial charge is 0.259 e. The summed E-state index contributed by atoms with van der Waals surface area (Å²) in [4.78, 5) is 14.0. The van der Waals surface area contributed by atoms with Gasteiger partial charge in [0.1, 0.15) is 17.0 Å². The topological polar surface area (TPSA) is 55.6 Å². The zero-order valence-electron chi connectivity index (χ0n) is 11.8. The third kappa shape index (κ3) is 3.31. The molecule has 0 unspecified atom stereocenters. The molecule has 0 spiro atoms. The predicted octanol–water partition coefficient (Wildman–Crippen LogP) is 3.57. The number of hydrogen-bond donors (Lipinski definition) is 0. The van der Waals surface area contributed by atoms with Crippen LogP contribution in [0.4, 0.5) is 0 Å². The lowest BCUT2D eigenvalue weighted by Gasteiger charge is -2.18. The van der Waals surface area contributed by atoms with Crippen molar-refractivity contribution in [2.75, 3.05) is 14.2 Å². The maximum atomic E-state index is 12.6. The minimum absolute atomic E-state index is 0.231. The molecule has 21 heavy (non-hydrogen) atoms. The number of halogens is 2. The van der Waals surface area contributed by atoms with Gasteiger partial charge in [-0.05, 0) is 19.1 Å². The second kappa shape index (κ2) is 6.37. The molecular formula is C14H14Cl2N2O3. The summed E-state index contributed by atoms with van der Waals surface area (Å²) in [6.45, 7) is 2.08. The first-order chi connectivity index (χ1) is 9.93. The molecule has 2 rings (SSSR count).